The zero-order chi connectivity index (χ0) is 29.7. The minimum absolute atomic E-state index is 0.0153. The van der Waals surface area contributed by atoms with Gasteiger partial charge in [0.05, 0.1) is 36.5 Å². The summed E-state index contributed by atoms with van der Waals surface area (Å²) < 4.78 is 24.0. The number of benzene rings is 2. The Morgan fingerprint density at radius 2 is 1.93 bits per heavy atom. The van der Waals surface area contributed by atoms with Gasteiger partial charge in [0.25, 0.3) is 0 Å². The quantitative estimate of drug-likeness (QED) is 0.200. The van der Waals surface area contributed by atoms with E-state index in [1.54, 1.807) is 17.8 Å². The van der Waals surface area contributed by atoms with Gasteiger partial charge in [0.15, 0.2) is 0 Å². The molecule has 42 heavy (non-hydrogen) atoms. The van der Waals surface area contributed by atoms with E-state index in [9.17, 15) is 9.90 Å². The Morgan fingerprint density at radius 1 is 1.17 bits per heavy atom. The maximum Gasteiger partial charge on any atom is 0.246 e. The Hall–Kier alpha value is -2.92. The van der Waals surface area contributed by atoms with Gasteiger partial charge in [-0.05, 0) is 80.9 Å². The Balaban J connectivity index is 1.16. The van der Waals surface area contributed by atoms with Crippen LogP contribution in [0, 0.1) is 5.92 Å². The molecule has 1 aromatic heterocycles. The first-order valence-corrected chi connectivity index (χ1v) is 18.2. The number of halogens is 1. The van der Waals surface area contributed by atoms with Crippen LogP contribution in [0.15, 0.2) is 60.8 Å². The summed E-state index contributed by atoms with van der Waals surface area (Å²) in [5.41, 5.74) is 3.60. The fourth-order valence-corrected chi connectivity index (χ4v) is 9.34. The molecule has 0 radical (unpaired) electrons. The Bertz CT molecular complexity index is 1290. The predicted molar refractivity (Wildman–Crippen MR) is 165 cm³/mol. The SMILES string of the molecule is C[C@@H]1[C@@H]([Si](C)(C)F)[C@H](CCn2cc(C(CO)c3ccccc3)nn2)O[C@@H]1CCc1ccc(NC(=O)[C@H]2CCCN2)cc1. The summed E-state index contributed by atoms with van der Waals surface area (Å²) in [5.74, 6) is -0.0796. The van der Waals surface area contributed by atoms with E-state index in [4.69, 9.17) is 4.74 Å². The monoisotopic (exact) mass is 593 g/mol. The zero-order valence-corrected chi connectivity index (χ0v) is 25.9. The van der Waals surface area contributed by atoms with Crippen molar-refractivity contribution in [3.8, 4) is 0 Å². The Labute approximate surface area is 249 Å². The molecule has 0 bridgehead atoms. The highest BCUT2D eigenvalue weighted by atomic mass is 28.4. The van der Waals surface area contributed by atoms with Gasteiger partial charge in [0.1, 0.15) is 0 Å². The number of amides is 1. The second-order valence-corrected chi connectivity index (χ2v) is 16.2. The lowest BCUT2D eigenvalue weighted by Crippen LogP contribution is -2.36. The molecular formula is C32H44FN5O3Si. The molecule has 8 nitrogen and oxygen atoms in total. The molecule has 5 rings (SSSR count). The van der Waals surface area contributed by atoms with Crippen molar-refractivity contribution in [1.82, 2.24) is 20.3 Å². The number of aromatic nitrogens is 3. The van der Waals surface area contributed by atoms with Gasteiger partial charge in [-0.1, -0.05) is 54.6 Å². The number of hydrogen-bond donors (Lipinski definition) is 3. The lowest BCUT2D eigenvalue weighted by atomic mass is 9.95. The van der Waals surface area contributed by atoms with Crippen LogP contribution in [0.2, 0.25) is 18.6 Å². The molecule has 2 fully saturated rings. The molecule has 2 saturated heterocycles. The highest BCUT2D eigenvalue weighted by Gasteiger charge is 2.50. The molecule has 3 heterocycles. The summed E-state index contributed by atoms with van der Waals surface area (Å²) in [6, 6.07) is 17.7. The van der Waals surface area contributed by atoms with Crippen LogP contribution in [0.5, 0.6) is 0 Å². The molecule has 6 atom stereocenters. The molecule has 0 saturated carbocycles. The van der Waals surface area contributed by atoms with Crippen molar-refractivity contribution in [3.63, 3.8) is 0 Å². The van der Waals surface area contributed by atoms with Gasteiger partial charge >= 0.3 is 0 Å². The molecule has 2 aliphatic heterocycles. The summed E-state index contributed by atoms with van der Waals surface area (Å²) >= 11 is 0. The van der Waals surface area contributed by atoms with E-state index in [-0.39, 0.29) is 48.1 Å². The highest BCUT2D eigenvalue weighted by molar-refractivity contribution is 6.72. The number of aryl methyl sites for hydroxylation is 2. The molecular weight excluding hydrogens is 549 g/mol. The molecule has 3 aromatic rings. The first-order chi connectivity index (χ1) is 20.2. The lowest BCUT2D eigenvalue weighted by molar-refractivity contribution is -0.117. The van der Waals surface area contributed by atoms with Gasteiger partial charge < -0.3 is 24.6 Å². The van der Waals surface area contributed by atoms with Gasteiger partial charge in [0, 0.05) is 24.0 Å². The average molecular weight is 594 g/mol. The lowest BCUT2D eigenvalue weighted by Gasteiger charge is -2.28. The van der Waals surface area contributed by atoms with Crippen LogP contribution in [0.3, 0.4) is 0 Å². The molecule has 226 valence electrons. The number of rotatable bonds is 12. The first-order valence-electron chi connectivity index (χ1n) is 15.3. The van der Waals surface area contributed by atoms with E-state index >= 15 is 4.11 Å². The second kappa shape index (κ2) is 13.6. The predicted octanol–water partition coefficient (Wildman–Crippen LogP) is 5.06. The molecule has 10 heteroatoms. The van der Waals surface area contributed by atoms with Crippen LogP contribution in [0.4, 0.5) is 9.80 Å². The maximum atomic E-state index is 15.6. The van der Waals surface area contributed by atoms with Crippen molar-refractivity contribution in [2.24, 2.45) is 5.92 Å². The number of anilines is 1. The normalized spacial score (nSPS) is 25.0. The second-order valence-electron chi connectivity index (χ2n) is 12.4. The molecule has 0 aliphatic carbocycles. The third-order valence-corrected chi connectivity index (χ3v) is 11.4. The van der Waals surface area contributed by atoms with Crippen molar-refractivity contribution in [3.05, 3.63) is 77.6 Å². The third kappa shape index (κ3) is 7.34. The minimum atomic E-state index is -2.98. The van der Waals surface area contributed by atoms with Gasteiger partial charge in [-0.3, -0.25) is 9.48 Å². The van der Waals surface area contributed by atoms with Crippen LogP contribution >= 0.6 is 0 Å². The maximum absolute atomic E-state index is 15.6. The summed E-state index contributed by atoms with van der Waals surface area (Å²) in [6.45, 7) is 7.14. The smallest absolute Gasteiger partial charge is 0.246 e. The molecule has 1 unspecified atom stereocenters. The van der Waals surface area contributed by atoms with Crippen LogP contribution in [-0.4, -0.2) is 65.8 Å². The number of aliphatic hydroxyl groups excluding tert-OH is 1. The zero-order valence-electron chi connectivity index (χ0n) is 24.9. The van der Waals surface area contributed by atoms with E-state index in [0.29, 0.717) is 13.0 Å². The third-order valence-electron chi connectivity index (χ3n) is 8.95. The molecule has 3 N–H and O–H groups in total. The number of aliphatic hydroxyl groups is 1. The number of ether oxygens (including phenoxy) is 1. The van der Waals surface area contributed by atoms with E-state index < -0.39 is 8.41 Å². The van der Waals surface area contributed by atoms with Crippen LogP contribution in [0.1, 0.15) is 55.3 Å². The van der Waals surface area contributed by atoms with E-state index in [1.165, 1.54) is 5.56 Å². The van der Waals surface area contributed by atoms with Crippen molar-refractivity contribution < 1.29 is 18.7 Å². The van der Waals surface area contributed by atoms with Gasteiger partial charge in [-0.15, -0.1) is 5.10 Å². The average Bonchev–Trinajstić information content (AvgIpc) is 3.73. The molecule has 1 amide bonds. The minimum Gasteiger partial charge on any atom is -0.395 e. The van der Waals surface area contributed by atoms with Gasteiger partial charge in [-0.25, -0.2) is 0 Å². The Kier molecular flexibility index (Phi) is 9.87. The molecule has 0 spiro atoms. The first kappa shape index (κ1) is 30.5. The van der Waals surface area contributed by atoms with Crippen LogP contribution < -0.4 is 10.6 Å². The number of nitrogens with zero attached hydrogens (tertiary/aromatic N) is 3. The number of carbonyl (C=O) groups excluding carboxylic acids is 1. The largest absolute Gasteiger partial charge is 0.395 e. The molecule has 2 aromatic carbocycles. The van der Waals surface area contributed by atoms with Crippen LogP contribution in [-0.2, 0) is 22.5 Å². The summed E-state index contributed by atoms with van der Waals surface area (Å²) in [5, 5.41) is 24.9. The fourth-order valence-electron chi connectivity index (χ4n) is 6.75. The number of carbonyl (C=O) groups is 1. The summed E-state index contributed by atoms with van der Waals surface area (Å²) in [6.07, 6.45) is 5.91. The van der Waals surface area contributed by atoms with Crippen molar-refractivity contribution >= 4 is 20.0 Å². The topological polar surface area (TPSA) is 101 Å². The standard InChI is InChI=1S/C32H44FN5O3Si/c1-22-29(16-13-23-11-14-25(15-12-23)35-32(40)27-10-7-18-34-27)41-30(31(22)42(2,3)33)17-19-38-20-28(36-37-38)26(21-39)24-8-5-4-6-9-24/h4-6,8-9,11-12,14-15,20,22,26-27,29-31,34,39H,7,10,13,16-19,21H2,1-3H3,(H,35,40)/t22-,26?,27+,29+,30-,31+/m0/s1. The number of hydrogen-bond acceptors (Lipinski definition) is 6. The highest BCUT2D eigenvalue weighted by Crippen LogP contribution is 2.47. The van der Waals surface area contributed by atoms with Crippen molar-refractivity contribution in [2.75, 3.05) is 18.5 Å². The summed E-state index contributed by atoms with van der Waals surface area (Å²) in [4.78, 5) is 12.4. The van der Waals surface area contributed by atoms with Crippen LogP contribution in [0.25, 0.3) is 0 Å². The van der Waals surface area contributed by atoms with E-state index in [0.717, 1.165) is 49.2 Å². The van der Waals surface area contributed by atoms with E-state index in [2.05, 4.69) is 40.0 Å². The fraction of sp³-hybridized carbons (Fsp3) is 0.531. The molecule has 2 aliphatic rings. The van der Waals surface area contributed by atoms with Gasteiger partial charge in [-0.2, -0.15) is 0 Å². The van der Waals surface area contributed by atoms with E-state index in [1.807, 2.05) is 48.7 Å². The summed E-state index contributed by atoms with van der Waals surface area (Å²) in [7, 11) is -2.98. The Morgan fingerprint density at radius 3 is 2.60 bits per heavy atom. The van der Waals surface area contributed by atoms with Gasteiger partial charge in [0.2, 0.25) is 14.3 Å². The van der Waals surface area contributed by atoms with Crippen molar-refractivity contribution in [1.29, 1.82) is 0 Å². The van der Waals surface area contributed by atoms with Crippen molar-refractivity contribution in [2.45, 2.75) is 88.4 Å². The number of nitrogens with one attached hydrogen (secondary N) is 2.